The first-order chi connectivity index (χ1) is 20.2. The highest BCUT2D eigenvalue weighted by Crippen LogP contribution is 2.53. The van der Waals surface area contributed by atoms with Gasteiger partial charge >= 0.3 is 0 Å². The molecule has 0 aliphatic carbocycles. The van der Waals surface area contributed by atoms with Gasteiger partial charge in [0.2, 0.25) is 0 Å². The largest absolute Gasteiger partial charge is 0.179 e. The zero-order chi connectivity index (χ0) is 30.8. The van der Waals surface area contributed by atoms with Crippen molar-refractivity contribution >= 4 is 50.5 Å². The van der Waals surface area contributed by atoms with Gasteiger partial charge in [-0.3, -0.25) is 0 Å². The Labute approximate surface area is 283 Å². The van der Waals surface area contributed by atoms with Crippen LogP contribution in [0.15, 0.2) is 60.7 Å². The second-order valence-corrected chi connectivity index (χ2v) is 15.7. The van der Waals surface area contributed by atoms with Crippen LogP contribution in [0.3, 0.4) is 0 Å². The van der Waals surface area contributed by atoms with Gasteiger partial charge < -0.3 is 0 Å². The maximum absolute atomic E-state index is 5.60. The van der Waals surface area contributed by atoms with Crippen molar-refractivity contribution in [2.24, 2.45) is 11.8 Å². The second kappa shape index (κ2) is 21.6. The van der Waals surface area contributed by atoms with Crippen molar-refractivity contribution in [3.8, 4) is 0 Å². The molecule has 0 heterocycles. The van der Waals surface area contributed by atoms with E-state index in [1.54, 1.807) is 0 Å². The van der Waals surface area contributed by atoms with Gasteiger partial charge in [0.15, 0.2) is 0 Å². The summed E-state index contributed by atoms with van der Waals surface area (Å²) in [6.45, 7) is 9.32. The van der Waals surface area contributed by atoms with Crippen LogP contribution in [0.25, 0.3) is 0 Å². The molecular formula is C38H62S4. The normalized spacial score (nSPS) is 16.3. The van der Waals surface area contributed by atoms with Crippen molar-refractivity contribution in [2.75, 3.05) is 5.75 Å². The number of hydrogen-bond acceptors (Lipinski definition) is 4. The summed E-state index contributed by atoms with van der Waals surface area (Å²) in [6, 6.07) is 22.4. The summed E-state index contributed by atoms with van der Waals surface area (Å²) >= 11 is 21.2. The highest BCUT2D eigenvalue weighted by molar-refractivity contribution is 7.85. The van der Waals surface area contributed by atoms with Gasteiger partial charge in [0.05, 0.1) is 0 Å². The lowest BCUT2D eigenvalue weighted by Gasteiger charge is -2.51. The van der Waals surface area contributed by atoms with E-state index in [2.05, 4.69) is 101 Å². The molecule has 238 valence electrons. The molecule has 0 aliphatic heterocycles. The van der Waals surface area contributed by atoms with E-state index in [1.807, 2.05) is 0 Å². The van der Waals surface area contributed by atoms with Crippen LogP contribution in [-0.2, 0) is 5.41 Å². The monoisotopic (exact) mass is 646 g/mol. The van der Waals surface area contributed by atoms with Gasteiger partial charge in [-0.1, -0.05) is 153 Å². The van der Waals surface area contributed by atoms with Gasteiger partial charge in [-0.15, -0.1) is 0 Å². The van der Waals surface area contributed by atoms with E-state index in [0.29, 0.717) is 5.92 Å². The molecule has 2 rings (SSSR count). The molecule has 5 atom stereocenters. The molecular weight excluding hydrogens is 585 g/mol. The Hall–Kier alpha value is -0.160. The number of benzene rings is 2. The van der Waals surface area contributed by atoms with Crippen LogP contribution in [0.5, 0.6) is 0 Å². The minimum absolute atomic E-state index is 0.0764. The van der Waals surface area contributed by atoms with Crippen molar-refractivity contribution in [1.29, 1.82) is 0 Å². The fraction of sp³-hybridized carbons (Fsp3) is 0.684. The smallest absolute Gasteiger partial charge is 0.0264 e. The van der Waals surface area contributed by atoms with Crippen LogP contribution in [0.4, 0.5) is 0 Å². The fourth-order valence-electron chi connectivity index (χ4n) is 6.81. The molecule has 0 saturated heterocycles. The third-order valence-corrected chi connectivity index (χ3v) is 11.7. The zero-order valence-electron chi connectivity index (χ0n) is 27.1. The third-order valence-electron chi connectivity index (χ3n) is 9.15. The topological polar surface area (TPSA) is 0 Å². The van der Waals surface area contributed by atoms with Gasteiger partial charge in [-0.25, -0.2) is 0 Å². The summed E-state index contributed by atoms with van der Waals surface area (Å²) in [5.74, 6) is 2.77. The minimum Gasteiger partial charge on any atom is -0.179 e. The van der Waals surface area contributed by atoms with E-state index in [-0.39, 0.29) is 21.2 Å². The maximum atomic E-state index is 5.60. The standard InChI is InChI=1S/C38H62S4/c1-30(2)20-11-5-7-17-27-35(40)37(42)38(33-24-15-10-16-25-33,36(41)28-18-8-6-12-21-31(3)4)34(26-19-29-39)32-22-13-9-14-23-32/h9-10,13-16,22-25,30-31,34-37,39-42H,5-8,11-12,17-21,26-29H2,1-4H3. The molecule has 0 saturated carbocycles. The molecule has 2 aromatic carbocycles. The van der Waals surface area contributed by atoms with Gasteiger partial charge in [0.25, 0.3) is 0 Å². The Morgan fingerprint density at radius 3 is 1.52 bits per heavy atom. The first kappa shape index (κ1) is 38.0. The molecule has 0 aromatic heterocycles. The highest BCUT2D eigenvalue weighted by atomic mass is 32.1. The maximum Gasteiger partial charge on any atom is 0.0264 e. The van der Waals surface area contributed by atoms with Crippen molar-refractivity contribution in [2.45, 2.75) is 145 Å². The van der Waals surface area contributed by atoms with E-state index >= 15 is 0 Å². The SMILES string of the molecule is CC(C)CCCCCCC(S)C(S)C(c1ccccc1)(C(S)CCCCCCC(C)C)C(CCCS)c1ccccc1. The van der Waals surface area contributed by atoms with Crippen LogP contribution < -0.4 is 0 Å². The first-order valence-corrected chi connectivity index (χ1v) is 19.2. The summed E-state index contributed by atoms with van der Waals surface area (Å²) in [6.07, 6.45) is 17.3. The molecule has 0 fully saturated rings. The van der Waals surface area contributed by atoms with Gasteiger partial charge in [0, 0.05) is 21.2 Å². The lowest BCUT2D eigenvalue weighted by Crippen LogP contribution is -2.53. The minimum atomic E-state index is -0.250. The van der Waals surface area contributed by atoms with E-state index < -0.39 is 0 Å². The molecule has 5 unspecified atom stereocenters. The molecule has 0 nitrogen and oxygen atoms in total. The van der Waals surface area contributed by atoms with Crippen molar-refractivity contribution in [1.82, 2.24) is 0 Å². The highest BCUT2D eigenvalue weighted by Gasteiger charge is 2.51. The predicted octanol–water partition coefficient (Wildman–Crippen LogP) is 12.3. The average molecular weight is 647 g/mol. The lowest BCUT2D eigenvalue weighted by atomic mass is 9.60. The van der Waals surface area contributed by atoms with E-state index in [4.69, 9.17) is 37.9 Å². The van der Waals surface area contributed by atoms with Crippen LogP contribution in [0.1, 0.15) is 135 Å². The summed E-state index contributed by atoms with van der Waals surface area (Å²) in [4.78, 5) is 0. The van der Waals surface area contributed by atoms with E-state index in [1.165, 1.54) is 75.3 Å². The molecule has 0 radical (unpaired) electrons. The number of unbranched alkanes of at least 4 members (excludes halogenated alkanes) is 6. The van der Waals surface area contributed by atoms with Gasteiger partial charge in [0.1, 0.15) is 0 Å². The van der Waals surface area contributed by atoms with E-state index in [9.17, 15) is 0 Å². The lowest BCUT2D eigenvalue weighted by molar-refractivity contribution is 0.285. The summed E-state index contributed by atoms with van der Waals surface area (Å²) < 4.78 is 0. The molecule has 0 N–H and O–H groups in total. The van der Waals surface area contributed by atoms with Crippen molar-refractivity contribution in [3.05, 3.63) is 71.8 Å². The molecule has 4 heteroatoms. The van der Waals surface area contributed by atoms with Crippen LogP contribution in [0.2, 0.25) is 0 Å². The third kappa shape index (κ3) is 12.3. The molecule has 0 aliphatic rings. The first-order valence-electron chi connectivity index (χ1n) is 17.0. The summed E-state index contributed by atoms with van der Waals surface area (Å²) in [5, 5.41) is 0.451. The number of thiol groups is 4. The van der Waals surface area contributed by atoms with Crippen molar-refractivity contribution < 1.29 is 0 Å². The summed E-state index contributed by atoms with van der Waals surface area (Å²) in [5.41, 5.74) is 2.51. The van der Waals surface area contributed by atoms with Gasteiger partial charge in [-0.05, 0) is 60.3 Å². The molecule has 2 aromatic rings. The molecule has 0 spiro atoms. The number of hydrogen-bond donors (Lipinski definition) is 4. The molecule has 0 amide bonds. The predicted molar refractivity (Wildman–Crippen MR) is 204 cm³/mol. The number of rotatable bonds is 23. The molecule has 42 heavy (non-hydrogen) atoms. The second-order valence-electron chi connectivity index (χ2n) is 13.4. The van der Waals surface area contributed by atoms with Gasteiger partial charge in [-0.2, -0.15) is 50.5 Å². The Morgan fingerprint density at radius 2 is 1.02 bits per heavy atom. The Balaban J connectivity index is 2.43. The zero-order valence-corrected chi connectivity index (χ0v) is 30.7. The average Bonchev–Trinajstić information content (AvgIpc) is 2.99. The van der Waals surface area contributed by atoms with E-state index in [0.717, 1.165) is 43.3 Å². The van der Waals surface area contributed by atoms with Crippen LogP contribution in [0, 0.1) is 11.8 Å². The molecule has 0 bridgehead atoms. The quantitative estimate of drug-likeness (QED) is 0.0670. The van der Waals surface area contributed by atoms with Crippen molar-refractivity contribution in [3.63, 3.8) is 0 Å². The van der Waals surface area contributed by atoms with Crippen LogP contribution >= 0.6 is 50.5 Å². The Kier molecular flexibility index (Phi) is 19.5. The van der Waals surface area contributed by atoms with Crippen LogP contribution in [-0.4, -0.2) is 21.5 Å². The fourth-order valence-corrected chi connectivity index (χ4v) is 8.87. The Bertz CT molecular complexity index is 915. The Morgan fingerprint density at radius 1 is 0.548 bits per heavy atom. The summed E-state index contributed by atoms with van der Waals surface area (Å²) in [7, 11) is 0.